The molecule has 45 heavy (non-hydrogen) atoms. The first kappa shape index (κ1) is 31.7. The molecule has 2 N–H and O–H groups in total. The monoisotopic (exact) mass is 613 g/mol. The van der Waals surface area contributed by atoms with Gasteiger partial charge in [0.05, 0.1) is 19.1 Å². The zero-order valence-corrected chi connectivity index (χ0v) is 26.7. The fourth-order valence-corrected chi connectivity index (χ4v) is 9.04. The topological polar surface area (TPSA) is 70.0 Å². The van der Waals surface area contributed by atoms with Gasteiger partial charge in [0.1, 0.15) is 11.9 Å². The number of phenolic OH excluding ortho intramolecular Hbond substituents is 1. The third kappa shape index (κ3) is 6.55. The summed E-state index contributed by atoms with van der Waals surface area (Å²) < 4.78 is 21.4. The number of amides is 1. The fraction of sp³-hybridized carbons (Fsp3) is 0.513. The molecule has 3 aliphatic rings. The number of phenols is 1. The molecular weight excluding hydrogens is 565 g/mol. The molecule has 0 aromatic heterocycles. The Labute approximate surface area is 267 Å². The van der Waals surface area contributed by atoms with Crippen molar-refractivity contribution in [2.45, 2.75) is 76.5 Å². The van der Waals surface area contributed by atoms with Gasteiger partial charge in [-0.2, -0.15) is 0 Å². The first-order valence-electron chi connectivity index (χ1n) is 16.8. The van der Waals surface area contributed by atoms with Gasteiger partial charge in [-0.05, 0) is 102 Å². The standard InChI is InChI=1S/C39H48FNO4/c1-39-25-34(40)38-32-16-15-31(42)24-30(32)23-29(37(38)33(39)17-18-35(39)43)10-6-7-19-41(20-21-45-2)36(44)22-26-11-13-28(14-12-26)27-8-4-3-5-9-27/h3-5,8-9,11-16,24,29,33-35,37-38,42-43H,6-7,10,17-23,25H2,1-2H3/t29-,33?,34+,35+,37?,38?,39+/m1/s1. The van der Waals surface area contributed by atoms with Crippen LogP contribution in [0.1, 0.15) is 68.1 Å². The SMILES string of the molecule is COCCN(CCCC[C@@H]1Cc2cc(O)ccc2C2C1C1CC[C@H](O)[C@@]1(C)C[C@@H]2F)C(=O)Cc1ccc(-c2ccccc2)cc1. The highest BCUT2D eigenvalue weighted by molar-refractivity contribution is 5.79. The van der Waals surface area contributed by atoms with E-state index in [2.05, 4.69) is 31.2 Å². The zero-order valence-electron chi connectivity index (χ0n) is 26.7. The van der Waals surface area contributed by atoms with Crippen LogP contribution in [0.25, 0.3) is 11.1 Å². The third-order valence-corrected chi connectivity index (χ3v) is 11.4. The first-order valence-corrected chi connectivity index (χ1v) is 16.8. The Kier molecular flexibility index (Phi) is 9.62. The number of rotatable bonds is 11. The van der Waals surface area contributed by atoms with Crippen LogP contribution in [0.2, 0.25) is 0 Å². The van der Waals surface area contributed by atoms with Crippen LogP contribution >= 0.6 is 0 Å². The maximum atomic E-state index is 16.1. The number of aliphatic hydroxyl groups is 1. The van der Waals surface area contributed by atoms with Gasteiger partial charge in [-0.25, -0.2) is 4.39 Å². The summed E-state index contributed by atoms with van der Waals surface area (Å²) in [6.45, 7) is 3.82. The lowest BCUT2D eigenvalue weighted by Gasteiger charge is -2.54. The van der Waals surface area contributed by atoms with Gasteiger partial charge < -0.3 is 19.8 Å². The van der Waals surface area contributed by atoms with Gasteiger partial charge in [-0.3, -0.25) is 4.79 Å². The van der Waals surface area contributed by atoms with E-state index < -0.39 is 12.3 Å². The van der Waals surface area contributed by atoms with Gasteiger partial charge >= 0.3 is 0 Å². The van der Waals surface area contributed by atoms with Crippen molar-refractivity contribution in [2.75, 3.05) is 26.8 Å². The minimum atomic E-state index is -1.00. The van der Waals surface area contributed by atoms with Gasteiger partial charge in [0.2, 0.25) is 5.91 Å². The van der Waals surface area contributed by atoms with E-state index in [-0.39, 0.29) is 34.8 Å². The number of carbonyl (C=O) groups excluding carboxylic acids is 1. The lowest BCUT2D eigenvalue weighted by molar-refractivity contribution is -0.131. The van der Waals surface area contributed by atoms with Gasteiger partial charge in [0.25, 0.3) is 0 Å². The largest absolute Gasteiger partial charge is 0.508 e. The molecular formula is C39H48FNO4. The number of carbonyl (C=O) groups is 1. The van der Waals surface area contributed by atoms with E-state index in [0.717, 1.165) is 66.3 Å². The average Bonchev–Trinajstić information content (AvgIpc) is 3.33. The Hall–Kier alpha value is -3.22. The second kappa shape index (κ2) is 13.6. The van der Waals surface area contributed by atoms with Crippen LogP contribution in [0.4, 0.5) is 4.39 Å². The Balaban J connectivity index is 1.11. The Morgan fingerprint density at radius 3 is 2.51 bits per heavy atom. The number of ether oxygens (including phenoxy) is 1. The van der Waals surface area contributed by atoms with Crippen LogP contribution in [0.15, 0.2) is 72.8 Å². The van der Waals surface area contributed by atoms with Crippen molar-refractivity contribution in [2.24, 2.45) is 23.2 Å². The fourth-order valence-electron chi connectivity index (χ4n) is 9.04. The molecule has 0 heterocycles. The van der Waals surface area contributed by atoms with E-state index in [9.17, 15) is 15.0 Å². The highest BCUT2D eigenvalue weighted by atomic mass is 19.1. The molecule has 3 aromatic carbocycles. The van der Waals surface area contributed by atoms with E-state index in [1.54, 1.807) is 13.2 Å². The molecule has 3 unspecified atom stereocenters. The summed E-state index contributed by atoms with van der Waals surface area (Å²) in [6, 6.07) is 23.9. The summed E-state index contributed by atoms with van der Waals surface area (Å²) in [6.07, 6.45) is 4.58. The maximum absolute atomic E-state index is 16.1. The van der Waals surface area contributed by atoms with Gasteiger partial charge in [-0.1, -0.05) is 74.0 Å². The Morgan fingerprint density at radius 1 is 1.00 bits per heavy atom. The normalized spacial score (nSPS) is 28.6. The van der Waals surface area contributed by atoms with Crippen LogP contribution in [0, 0.1) is 23.2 Å². The van der Waals surface area contributed by atoms with Crippen LogP contribution in [-0.4, -0.2) is 60.1 Å². The number of aliphatic hydroxyl groups excluding tert-OH is 1. The van der Waals surface area contributed by atoms with Crippen molar-refractivity contribution in [3.63, 3.8) is 0 Å². The van der Waals surface area contributed by atoms with Crippen LogP contribution in [0.3, 0.4) is 0 Å². The van der Waals surface area contributed by atoms with Crippen molar-refractivity contribution in [1.82, 2.24) is 4.90 Å². The highest BCUT2D eigenvalue weighted by Crippen LogP contribution is 2.63. The Bertz CT molecular complexity index is 1450. The second-order valence-electron chi connectivity index (χ2n) is 14.0. The summed E-state index contributed by atoms with van der Waals surface area (Å²) >= 11 is 0. The highest BCUT2D eigenvalue weighted by Gasteiger charge is 2.59. The predicted molar refractivity (Wildman–Crippen MR) is 176 cm³/mol. The summed E-state index contributed by atoms with van der Waals surface area (Å²) in [5.41, 5.74) is 5.04. The third-order valence-electron chi connectivity index (χ3n) is 11.4. The minimum absolute atomic E-state index is 0.102. The summed E-state index contributed by atoms with van der Waals surface area (Å²) in [4.78, 5) is 15.4. The molecule has 0 radical (unpaired) electrons. The number of fused-ring (bicyclic) bond motifs is 5. The smallest absolute Gasteiger partial charge is 0.227 e. The molecule has 5 nitrogen and oxygen atoms in total. The van der Waals surface area contributed by atoms with Crippen LogP contribution < -0.4 is 0 Å². The van der Waals surface area contributed by atoms with Crippen molar-refractivity contribution in [1.29, 1.82) is 0 Å². The van der Waals surface area contributed by atoms with Crippen molar-refractivity contribution < 1.29 is 24.1 Å². The number of unbranched alkanes of at least 4 members (excludes halogenated alkanes) is 1. The molecule has 3 aromatic rings. The van der Waals surface area contributed by atoms with Gasteiger partial charge in [0.15, 0.2) is 0 Å². The zero-order chi connectivity index (χ0) is 31.6. The van der Waals surface area contributed by atoms with Crippen LogP contribution in [0.5, 0.6) is 5.75 Å². The molecule has 2 fully saturated rings. The number of nitrogens with zero attached hydrogens (tertiary/aromatic N) is 1. The molecule has 6 rings (SSSR count). The molecule has 0 spiro atoms. The van der Waals surface area contributed by atoms with Crippen molar-refractivity contribution in [3.05, 3.63) is 89.5 Å². The van der Waals surface area contributed by atoms with Gasteiger partial charge in [0, 0.05) is 26.1 Å². The van der Waals surface area contributed by atoms with Gasteiger partial charge in [-0.15, -0.1) is 0 Å². The number of halogens is 1. The molecule has 240 valence electrons. The molecule has 6 heteroatoms. The Morgan fingerprint density at radius 2 is 1.76 bits per heavy atom. The molecule has 7 atom stereocenters. The van der Waals surface area contributed by atoms with E-state index in [0.29, 0.717) is 38.5 Å². The molecule has 0 saturated heterocycles. The van der Waals surface area contributed by atoms with E-state index in [1.165, 1.54) is 0 Å². The lowest BCUT2D eigenvalue weighted by Crippen LogP contribution is -2.51. The number of hydrogen-bond donors (Lipinski definition) is 2. The predicted octanol–water partition coefficient (Wildman–Crippen LogP) is 7.34. The summed E-state index contributed by atoms with van der Waals surface area (Å²) in [7, 11) is 1.66. The first-order chi connectivity index (χ1) is 21.8. The quantitative estimate of drug-likeness (QED) is 0.222. The van der Waals surface area contributed by atoms with E-state index in [4.69, 9.17) is 4.74 Å². The number of alkyl halides is 1. The molecule has 0 bridgehead atoms. The molecule has 1 amide bonds. The average molecular weight is 614 g/mol. The number of benzene rings is 3. The van der Waals surface area contributed by atoms with Crippen molar-refractivity contribution >= 4 is 5.91 Å². The lowest BCUT2D eigenvalue weighted by atomic mass is 9.51. The van der Waals surface area contributed by atoms with E-state index in [1.807, 2.05) is 47.4 Å². The van der Waals surface area contributed by atoms with Crippen LogP contribution in [-0.2, 0) is 22.4 Å². The summed E-state index contributed by atoms with van der Waals surface area (Å²) in [5, 5.41) is 21.2. The maximum Gasteiger partial charge on any atom is 0.227 e. The molecule has 2 saturated carbocycles. The summed E-state index contributed by atoms with van der Waals surface area (Å²) in [5.74, 6) is 0.909. The minimum Gasteiger partial charge on any atom is -0.508 e. The number of methoxy groups -OCH3 is 1. The van der Waals surface area contributed by atoms with E-state index >= 15 is 4.39 Å². The van der Waals surface area contributed by atoms with Crippen molar-refractivity contribution in [3.8, 4) is 16.9 Å². The number of hydrogen-bond acceptors (Lipinski definition) is 4. The molecule has 3 aliphatic carbocycles. The second-order valence-corrected chi connectivity index (χ2v) is 14.0. The molecule has 0 aliphatic heterocycles. The number of aromatic hydroxyl groups is 1.